The molecule has 0 radical (unpaired) electrons. The number of aliphatic imine (C=N–C) groups is 1. The maximum atomic E-state index is 13.1. The lowest BCUT2D eigenvalue weighted by atomic mass is 9.84. The maximum absolute atomic E-state index is 13.1. The Labute approximate surface area is 204 Å². The number of amides is 1. The van der Waals surface area contributed by atoms with Crippen molar-refractivity contribution in [3.63, 3.8) is 0 Å². The van der Waals surface area contributed by atoms with Crippen LogP contribution in [0.1, 0.15) is 42.9 Å². The van der Waals surface area contributed by atoms with Gasteiger partial charge in [0.25, 0.3) is 0 Å². The fourth-order valence-electron chi connectivity index (χ4n) is 4.53. The van der Waals surface area contributed by atoms with Crippen LogP contribution in [-0.2, 0) is 15.7 Å². The molecule has 1 aliphatic carbocycles. The Morgan fingerprint density at radius 2 is 2.00 bits per heavy atom. The molecule has 2 aliphatic rings. The van der Waals surface area contributed by atoms with Gasteiger partial charge in [0, 0.05) is 34.2 Å². The highest BCUT2D eigenvalue weighted by molar-refractivity contribution is 14.0. The van der Waals surface area contributed by atoms with Gasteiger partial charge in [-0.2, -0.15) is 13.2 Å². The molecule has 0 aromatic heterocycles. The number of alkyl halides is 3. The predicted molar refractivity (Wildman–Crippen MR) is 128 cm³/mol. The first-order valence-corrected chi connectivity index (χ1v) is 10.6. The minimum Gasteiger partial charge on any atom is -0.370 e. The summed E-state index contributed by atoms with van der Waals surface area (Å²) in [5.41, 5.74) is -0.629. The topological polar surface area (TPSA) is 57.2 Å². The first kappa shape index (κ1) is 26.7. The lowest BCUT2D eigenvalue weighted by molar-refractivity contribution is -0.139. The summed E-state index contributed by atoms with van der Waals surface area (Å²) in [6.07, 6.45) is -1.16. The summed E-state index contributed by atoms with van der Waals surface area (Å²) >= 11 is 0. The number of hydrogen-bond acceptors (Lipinski definition) is 3. The van der Waals surface area contributed by atoms with Crippen LogP contribution in [0.3, 0.4) is 0 Å². The van der Waals surface area contributed by atoms with Crippen LogP contribution in [0.4, 0.5) is 13.2 Å². The largest absolute Gasteiger partial charge is 0.416 e. The van der Waals surface area contributed by atoms with Crippen LogP contribution in [0.2, 0.25) is 0 Å². The molecule has 0 bridgehead atoms. The van der Waals surface area contributed by atoms with Crippen LogP contribution in [-0.4, -0.2) is 69.1 Å². The summed E-state index contributed by atoms with van der Waals surface area (Å²) in [5.74, 6) is 0.759. The summed E-state index contributed by atoms with van der Waals surface area (Å²) in [6, 6.07) is 5.27. The molecule has 1 heterocycles. The molecule has 180 valence electrons. The smallest absolute Gasteiger partial charge is 0.370 e. The van der Waals surface area contributed by atoms with Crippen molar-refractivity contribution in [2.75, 3.05) is 47.4 Å². The molecular formula is C22H32F3IN4O2. The summed E-state index contributed by atoms with van der Waals surface area (Å²) in [7, 11) is 5.23. The quantitative estimate of drug-likeness (QED) is 0.340. The molecule has 10 heteroatoms. The molecule has 1 unspecified atom stereocenters. The summed E-state index contributed by atoms with van der Waals surface area (Å²) in [6.45, 7) is 1.82. The molecule has 1 saturated heterocycles. The zero-order valence-electron chi connectivity index (χ0n) is 18.7. The van der Waals surface area contributed by atoms with E-state index in [1.165, 1.54) is 6.07 Å². The van der Waals surface area contributed by atoms with Crippen molar-refractivity contribution in [1.82, 2.24) is 15.1 Å². The van der Waals surface area contributed by atoms with E-state index in [0.717, 1.165) is 37.8 Å². The summed E-state index contributed by atoms with van der Waals surface area (Å²) < 4.78 is 45.0. The number of nitrogens with zero attached hydrogens (tertiary/aromatic N) is 3. The van der Waals surface area contributed by atoms with Crippen molar-refractivity contribution >= 4 is 35.8 Å². The number of nitrogens with one attached hydrogen (secondary N) is 1. The van der Waals surface area contributed by atoms with E-state index >= 15 is 0 Å². The monoisotopic (exact) mass is 568 g/mol. The molecule has 1 saturated carbocycles. The maximum Gasteiger partial charge on any atom is 0.416 e. The second-order valence-electron chi connectivity index (χ2n) is 8.52. The van der Waals surface area contributed by atoms with Crippen LogP contribution in [0.25, 0.3) is 0 Å². The molecule has 2 fully saturated rings. The molecule has 1 aliphatic heterocycles. The second-order valence-corrected chi connectivity index (χ2v) is 8.52. The van der Waals surface area contributed by atoms with Crippen LogP contribution in [0, 0.1) is 5.41 Å². The molecule has 0 spiro atoms. The van der Waals surface area contributed by atoms with Crippen LogP contribution in [0.5, 0.6) is 0 Å². The molecule has 1 N–H and O–H groups in total. The van der Waals surface area contributed by atoms with Crippen molar-refractivity contribution in [3.05, 3.63) is 35.4 Å². The molecule has 1 amide bonds. The fraction of sp³-hybridized carbons (Fsp3) is 0.636. The number of halogens is 4. The summed E-state index contributed by atoms with van der Waals surface area (Å²) in [5, 5.41) is 3.36. The van der Waals surface area contributed by atoms with Crippen LogP contribution < -0.4 is 5.32 Å². The number of guanidine groups is 1. The Kier molecular flexibility index (Phi) is 9.21. The molecule has 1 aromatic carbocycles. The molecule has 3 rings (SSSR count). The van der Waals surface area contributed by atoms with Gasteiger partial charge in [0.15, 0.2) is 5.96 Å². The Morgan fingerprint density at radius 3 is 2.59 bits per heavy atom. The van der Waals surface area contributed by atoms with Crippen molar-refractivity contribution in [2.24, 2.45) is 10.4 Å². The van der Waals surface area contributed by atoms with Gasteiger partial charge in [0.1, 0.15) is 6.10 Å². The lowest BCUT2D eigenvalue weighted by Gasteiger charge is -2.37. The van der Waals surface area contributed by atoms with E-state index in [2.05, 4.69) is 10.3 Å². The van der Waals surface area contributed by atoms with Crippen molar-refractivity contribution in [2.45, 2.75) is 38.0 Å². The zero-order chi connectivity index (χ0) is 22.6. The van der Waals surface area contributed by atoms with Crippen molar-refractivity contribution in [3.8, 4) is 0 Å². The van der Waals surface area contributed by atoms with E-state index in [0.29, 0.717) is 37.8 Å². The standard InChI is InChI=1S/C22H31F3N4O2.HI/c1-26-20(27-15-21(9-4-5-10-21)19(30)28(2)3)29-11-12-31-18(14-29)16-7-6-8-17(13-16)22(23,24)25;/h6-8,13,18H,4-5,9-12,14-15H2,1-3H3,(H,26,27);1H. The Balaban J connectivity index is 0.00000363. The number of carbonyl (C=O) groups is 1. The molecule has 32 heavy (non-hydrogen) atoms. The van der Waals surface area contributed by atoms with Gasteiger partial charge in [-0.1, -0.05) is 25.0 Å². The average molecular weight is 568 g/mol. The van der Waals surface area contributed by atoms with E-state index in [-0.39, 0.29) is 29.9 Å². The third-order valence-corrected chi connectivity index (χ3v) is 6.17. The van der Waals surface area contributed by atoms with Crippen LogP contribution in [0.15, 0.2) is 29.3 Å². The van der Waals surface area contributed by atoms with Gasteiger partial charge >= 0.3 is 6.18 Å². The minimum absolute atomic E-state index is 0. The third kappa shape index (κ3) is 6.06. The van der Waals surface area contributed by atoms with E-state index in [1.807, 2.05) is 4.90 Å². The van der Waals surface area contributed by atoms with Gasteiger partial charge in [-0.15, -0.1) is 24.0 Å². The average Bonchev–Trinajstić information content (AvgIpc) is 3.23. The zero-order valence-corrected chi connectivity index (χ0v) is 21.1. The molecule has 1 atom stereocenters. The lowest BCUT2D eigenvalue weighted by Crippen LogP contribution is -2.52. The Morgan fingerprint density at radius 1 is 1.31 bits per heavy atom. The number of hydrogen-bond donors (Lipinski definition) is 1. The van der Waals surface area contributed by atoms with Crippen molar-refractivity contribution < 1.29 is 22.7 Å². The number of ether oxygens (including phenoxy) is 1. The van der Waals surface area contributed by atoms with Gasteiger partial charge in [0.05, 0.1) is 24.1 Å². The SMILES string of the molecule is CN=C(NCC1(C(=O)N(C)C)CCCC1)N1CCOC(c2cccc(C(F)(F)F)c2)C1.I. The molecular weight excluding hydrogens is 536 g/mol. The third-order valence-electron chi connectivity index (χ3n) is 6.17. The van der Waals surface area contributed by atoms with E-state index in [1.54, 1.807) is 32.1 Å². The highest BCUT2D eigenvalue weighted by atomic mass is 127. The Hall–Kier alpha value is -1.56. The van der Waals surface area contributed by atoms with E-state index in [9.17, 15) is 18.0 Å². The van der Waals surface area contributed by atoms with Crippen LogP contribution >= 0.6 is 24.0 Å². The number of rotatable bonds is 4. The Bertz CT molecular complexity index is 811. The fourth-order valence-corrected chi connectivity index (χ4v) is 4.53. The number of morpholine rings is 1. The van der Waals surface area contributed by atoms with E-state index < -0.39 is 23.3 Å². The van der Waals surface area contributed by atoms with E-state index in [4.69, 9.17) is 4.74 Å². The first-order chi connectivity index (χ1) is 14.7. The minimum atomic E-state index is -4.39. The highest BCUT2D eigenvalue weighted by Gasteiger charge is 2.42. The predicted octanol–water partition coefficient (Wildman–Crippen LogP) is 3.92. The first-order valence-electron chi connectivity index (χ1n) is 10.6. The van der Waals surface area contributed by atoms with Gasteiger partial charge in [-0.05, 0) is 30.5 Å². The number of benzene rings is 1. The van der Waals surface area contributed by atoms with Crippen molar-refractivity contribution in [1.29, 1.82) is 0 Å². The van der Waals surface area contributed by atoms with Gasteiger partial charge in [-0.3, -0.25) is 9.79 Å². The van der Waals surface area contributed by atoms with Gasteiger partial charge in [-0.25, -0.2) is 0 Å². The van der Waals surface area contributed by atoms with Gasteiger partial charge in [0.2, 0.25) is 5.91 Å². The highest BCUT2D eigenvalue weighted by Crippen LogP contribution is 2.39. The number of carbonyl (C=O) groups excluding carboxylic acids is 1. The second kappa shape index (κ2) is 11.0. The van der Waals surface area contributed by atoms with Gasteiger partial charge < -0.3 is 19.9 Å². The summed E-state index contributed by atoms with van der Waals surface area (Å²) in [4.78, 5) is 20.8. The molecule has 6 nitrogen and oxygen atoms in total. The molecule has 1 aromatic rings. The normalized spacial score (nSPS) is 21.1.